The lowest BCUT2D eigenvalue weighted by molar-refractivity contribution is -0.129. The number of thioether (sulfide) groups is 1. The molecule has 2 nitrogen and oxygen atoms in total. The first-order valence-electron chi connectivity index (χ1n) is 5.05. The van der Waals surface area contributed by atoms with Crippen LogP contribution in [0.15, 0.2) is 24.3 Å². The molecule has 1 aromatic rings. The molecule has 1 heterocycles. The summed E-state index contributed by atoms with van der Waals surface area (Å²) in [4.78, 5) is 12.5. The van der Waals surface area contributed by atoms with Crippen molar-refractivity contribution in [2.45, 2.75) is 10.2 Å². The van der Waals surface area contributed by atoms with Gasteiger partial charge in [0.1, 0.15) is 5.37 Å². The van der Waals surface area contributed by atoms with Crippen molar-refractivity contribution < 1.29 is 4.79 Å². The van der Waals surface area contributed by atoms with Crippen LogP contribution in [0.3, 0.4) is 0 Å². The van der Waals surface area contributed by atoms with E-state index in [2.05, 4.69) is 0 Å². The van der Waals surface area contributed by atoms with E-state index in [1.54, 1.807) is 16.7 Å². The topological polar surface area (TPSA) is 20.3 Å². The Morgan fingerprint density at radius 3 is 2.88 bits per heavy atom. The zero-order valence-electron chi connectivity index (χ0n) is 8.78. The first-order valence-corrected chi connectivity index (χ1v) is 7.35. The Bertz CT molecular complexity index is 427. The third kappa shape index (κ3) is 3.02. The Labute approximate surface area is 119 Å². The van der Waals surface area contributed by atoms with Crippen LogP contribution in [-0.2, 0) is 4.79 Å². The number of nitrogens with zero attached hydrogens (tertiary/aromatic N) is 1. The van der Waals surface area contributed by atoms with Gasteiger partial charge in [-0.25, -0.2) is 0 Å². The molecule has 2 rings (SSSR count). The summed E-state index contributed by atoms with van der Waals surface area (Å²) in [5.41, 5.74) is 1.00. The Hall–Kier alpha value is -0.0900. The maximum Gasteiger partial charge on any atom is 0.257 e. The summed E-state index contributed by atoms with van der Waals surface area (Å²) in [5.74, 6) is 0.631. The van der Waals surface area contributed by atoms with Gasteiger partial charge in [0, 0.05) is 17.3 Å². The van der Waals surface area contributed by atoms with Gasteiger partial charge in [-0.2, -0.15) is 0 Å². The van der Waals surface area contributed by atoms with Crippen molar-refractivity contribution in [2.75, 3.05) is 12.3 Å². The van der Waals surface area contributed by atoms with Gasteiger partial charge in [-0.15, -0.1) is 11.8 Å². The quantitative estimate of drug-likeness (QED) is 0.776. The van der Waals surface area contributed by atoms with Crippen LogP contribution in [0.1, 0.15) is 10.9 Å². The minimum atomic E-state index is -1.00. The number of rotatable bonds is 2. The molecule has 17 heavy (non-hydrogen) atoms. The third-order valence-corrected chi connectivity index (χ3v) is 4.36. The molecule has 1 amide bonds. The van der Waals surface area contributed by atoms with E-state index in [0.29, 0.717) is 11.6 Å². The standard InChI is InChI=1S/C11H10Cl3NOS/c12-8-3-1-2-7(6-8)11-15(4-5-17-11)10(16)9(13)14/h1-3,6,9,11H,4-5H2. The Balaban J connectivity index is 2.23. The molecule has 1 aliphatic heterocycles. The second-order valence-electron chi connectivity index (χ2n) is 3.61. The zero-order chi connectivity index (χ0) is 12.4. The van der Waals surface area contributed by atoms with Gasteiger partial charge in [0.25, 0.3) is 5.91 Å². The molecule has 0 radical (unpaired) electrons. The van der Waals surface area contributed by atoms with Crippen LogP contribution in [0.4, 0.5) is 0 Å². The van der Waals surface area contributed by atoms with E-state index in [9.17, 15) is 4.79 Å². The molecule has 0 aromatic heterocycles. The minimum Gasteiger partial charge on any atom is -0.323 e. The summed E-state index contributed by atoms with van der Waals surface area (Å²) in [6.45, 7) is 0.663. The maximum atomic E-state index is 11.8. The zero-order valence-corrected chi connectivity index (χ0v) is 11.9. The summed E-state index contributed by atoms with van der Waals surface area (Å²) in [5, 5.41) is 0.622. The van der Waals surface area contributed by atoms with E-state index in [1.165, 1.54) is 0 Å². The van der Waals surface area contributed by atoms with Gasteiger partial charge < -0.3 is 4.90 Å². The van der Waals surface area contributed by atoms with E-state index < -0.39 is 4.84 Å². The summed E-state index contributed by atoms with van der Waals surface area (Å²) < 4.78 is 0. The highest BCUT2D eigenvalue weighted by molar-refractivity contribution is 7.99. The van der Waals surface area contributed by atoms with Crippen LogP contribution in [0.2, 0.25) is 5.02 Å². The SMILES string of the molecule is O=C(C(Cl)Cl)N1CCSC1c1cccc(Cl)c1. The molecule has 1 fully saturated rings. The third-order valence-electron chi connectivity index (χ3n) is 2.49. The lowest BCUT2D eigenvalue weighted by atomic mass is 10.2. The number of halogens is 3. The van der Waals surface area contributed by atoms with Crippen molar-refractivity contribution in [3.8, 4) is 0 Å². The van der Waals surface area contributed by atoms with Gasteiger partial charge in [-0.1, -0.05) is 46.9 Å². The summed E-state index contributed by atoms with van der Waals surface area (Å²) >= 11 is 18.9. The van der Waals surface area contributed by atoms with E-state index in [-0.39, 0.29) is 11.3 Å². The normalized spacial score (nSPS) is 20.0. The maximum absolute atomic E-state index is 11.8. The molecule has 92 valence electrons. The summed E-state index contributed by atoms with van der Waals surface area (Å²) in [7, 11) is 0. The molecule has 0 spiro atoms. The lowest BCUT2D eigenvalue weighted by Gasteiger charge is -2.24. The molecule has 1 unspecified atom stereocenters. The second-order valence-corrected chi connectivity index (χ2v) is 6.33. The fourth-order valence-electron chi connectivity index (χ4n) is 1.76. The van der Waals surface area contributed by atoms with Crippen LogP contribution in [0.25, 0.3) is 0 Å². The largest absolute Gasteiger partial charge is 0.323 e. The van der Waals surface area contributed by atoms with Crippen molar-refractivity contribution in [1.29, 1.82) is 0 Å². The number of hydrogen-bond acceptors (Lipinski definition) is 2. The highest BCUT2D eigenvalue weighted by Crippen LogP contribution is 2.39. The second kappa shape index (κ2) is 5.70. The van der Waals surface area contributed by atoms with E-state index in [0.717, 1.165) is 11.3 Å². The van der Waals surface area contributed by atoms with Crippen LogP contribution in [0, 0.1) is 0 Å². The van der Waals surface area contributed by atoms with Gasteiger partial charge >= 0.3 is 0 Å². The molecular weight excluding hydrogens is 301 g/mol. The molecule has 0 N–H and O–H groups in total. The smallest absolute Gasteiger partial charge is 0.257 e. The molecule has 0 bridgehead atoms. The van der Waals surface area contributed by atoms with Crippen LogP contribution in [0.5, 0.6) is 0 Å². The summed E-state index contributed by atoms with van der Waals surface area (Å²) in [6.07, 6.45) is 0. The van der Waals surface area contributed by atoms with Gasteiger partial charge in [0.2, 0.25) is 0 Å². The van der Waals surface area contributed by atoms with Crippen LogP contribution in [-0.4, -0.2) is 27.9 Å². The van der Waals surface area contributed by atoms with Crippen molar-refractivity contribution in [1.82, 2.24) is 4.90 Å². The lowest BCUT2D eigenvalue weighted by Crippen LogP contribution is -2.34. The first kappa shape index (κ1) is 13.3. The summed E-state index contributed by atoms with van der Waals surface area (Å²) in [6, 6.07) is 7.50. The van der Waals surface area contributed by atoms with Gasteiger partial charge in [0.05, 0.1) is 0 Å². The Kier molecular flexibility index (Phi) is 4.47. The van der Waals surface area contributed by atoms with Crippen LogP contribution >= 0.6 is 46.6 Å². The number of hydrogen-bond donors (Lipinski definition) is 0. The number of amides is 1. The number of benzene rings is 1. The molecule has 0 aliphatic carbocycles. The minimum absolute atomic E-state index is 0.0406. The van der Waals surface area contributed by atoms with Gasteiger partial charge in [-0.3, -0.25) is 4.79 Å². The number of carbonyl (C=O) groups excluding carboxylic acids is 1. The average molecular weight is 311 g/mol. The predicted octanol–water partition coefficient (Wildman–Crippen LogP) is 3.72. The fraction of sp³-hybridized carbons (Fsp3) is 0.364. The molecule has 6 heteroatoms. The molecule has 0 saturated carbocycles. The Morgan fingerprint density at radius 1 is 1.47 bits per heavy atom. The highest BCUT2D eigenvalue weighted by atomic mass is 35.5. The van der Waals surface area contributed by atoms with Gasteiger partial charge in [0.15, 0.2) is 4.84 Å². The molecule has 1 aromatic carbocycles. The van der Waals surface area contributed by atoms with E-state index in [4.69, 9.17) is 34.8 Å². The molecule has 1 atom stereocenters. The number of carbonyl (C=O) groups is 1. The van der Waals surface area contributed by atoms with E-state index in [1.807, 2.05) is 24.3 Å². The van der Waals surface area contributed by atoms with E-state index >= 15 is 0 Å². The average Bonchev–Trinajstić information content (AvgIpc) is 2.76. The van der Waals surface area contributed by atoms with Crippen molar-refractivity contribution in [2.24, 2.45) is 0 Å². The molecular formula is C11H10Cl3NOS. The Morgan fingerprint density at radius 2 is 2.24 bits per heavy atom. The fourth-order valence-corrected chi connectivity index (χ4v) is 3.46. The first-order chi connectivity index (χ1) is 8.09. The van der Waals surface area contributed by atoms with Crippen molar-refractivity contribution in [3.05, 3.63) is 34.9 Å². The number of alkyl halides is 2. The van der Waals surface area contributed by atoms with Crippen LogP contribution < -0.4 is 0 Å². The predicted molar refractivity (Wildman–Crippen MR) is 73.9 cm³/mol. The van der Waals surface area contributed by atoms with Crippen molar-refractivity contribution >= 4 is 52.5 Å². The highest BCUT2D eigenvalue weighted by Gasteiger charge is 2.33. The molecule has 1 saturated heterocycles. The van der Waals surface area contributed by atoms with Gasteiger partial charge in [-0.05, 0) is 17.7 Å². The monoisotopic (exact) mass is 309 g/mol. The molecule has 1 aliphatic rings. The van der Waals surface area contributed by atoms with Crippen molar-refractivity contribution in [3.63, 3.8) is 0 Å².